The molecule has 148 valence electrons. The van der Waals surface area contributed by atoms with Crippen molar-refractivity contribution in [3.05, 3.63) is 16.1 Å². The molecule has 0 saturated carbocycles. The number of thiazole rings is 1. The number of ether oxygens (including phenoxy) is 1. The molecule has 0 radical (unpaired) electrons. The van der Waals surface area contributed by atoms with Gasteiger partial charge in [-0.3, -0.25) is 0 Å². The van der Waals surface area contributed by atoms with Crippen LogP contribution in [0.4, 0.5) is 4.79 Å². The van der Waals surface area contributed by atoms with Gasteiger partial charge in [0.05, 0.1) is 16.7 Å². The summed E-state index contributed by atoms with van der Waals surface area (Å²) in [7, 11) is 0. The van der Waals surface area contributed by atoms with Gasteiger partial charge in [0.1, 0.15) is 5.60 Å². The molecule has 0 aliphatic heterocycles. The van der Waals surface area contributed by atoms with Crippen molar-refractivity contribution >= 4 is 23.3 Å². The molecule has 0 aliphatic rings. The Bertz CT molecular complexity index is 594. The van der Waals surface area contributed by atoms with Crippen molar-refractivity contribution in [1.29, 1.82) is 0 Å². The van der Waals surface area contributed by atoms with E-state index >= 15 is 0 Å². The van der Waals surface area contributed by atoms with Gasteiger partial charge in [0.2, 0.25) is 0 Å². The molecule has 1 heterocycles. The summed E-state index contributed by atoms with van der Waals surface area (Å²) in [5.41, 5.74) is 6.29. The average molecular weight is 385 g/mol. The maximum Gasteiger partial charge on any atom is 0.408 e. The van der Waals surface area contributed by atoms with Gasteiger partial charge in [-0.2, -0.15) is 0 Å². The fraction of sp³-hybridized carbons (Fsp3) is 0.722. The third-order valence-electron chi connectivity index (χ3n) is 3.20. The summed E-state index contributed by atoms with van der Waals surface area (Å²) in [5, 5.41) is 9.78. The Hall–Kier alpha value is -1.83. The predicted molar refractivity (Wildman–Crippen MR) is 105 cm³/mol. The molecule has 8 heteroatoms. The molecule has 3 N–H and O–H groups in total. The molecule has 1 aromatic heterocycles. The number of aromatic nitrogens is 1. The first kappa shape index (κ1) is 22.2. The van der Waals surface area contributed by atoms with Crippen LogP contribution in [-0.4, -0.2) is 28.6 Å². The maximum absolute atomic E-state index is 12.0. The van der Waals surface area contributed by atoms with E-state index in [-0.39, 0.29) is 12.4 Å². The Labute approximate surface area is 160 Å². The topological polar surface area (TPSA) is 98.8 Å². The molecule has 26 heavy (non-hydrogen) atoms. The maximum atomic E-state index is 12.0. The van der Waals surface area contributed by atoms with Gasteiger partial charge in [0.15, 0.2) is 12.4 Å². The molecule has 0 saturated heterocycles. The zero-order chi connectivity index (χ0) is 19.7. The third-order valence-corrected chi connectivity index (χ3v) is 4.16. The van der Waals surface area contributed by atoms with Gasteiger partial charge in [0.25, 0.3) is 0 Å². The smallest absolute Gasteiger partial charge is 0.408 e. The van der Waals surface area contributed by atoms with Crippen LogP contribution in [0.2, 0.25) is 0 Å². The minimum atomic E-state index is -0.574. The molecule has 1 unspecified atom stereocenters. The zero-order valence-corrected chi connectivity index (χ0v) is 17.5. The van der Waals surface area contributed by atoms with Crippen LogP contribution in [0.15, 0.2) is 10.5 Å². The van der Waals surface area contributed by atoms with Crippen LogP contribution in [0, 0.1) is 5.92 Å². The number of carbonyl (C=O) groups is 1. The van der Waals surface area contributed by atoms with E-state index in [4.69, 9.17) is 15.3 Å². The van der Waals surface area contributed by atoms with Crippen molar-refractivity contribution in [2.45, 2.75) is 79.1 Å². The molecule has 0 bridgehead atoms. The molecule has 1 atom stereocenters. The number of nitrogens with zero attached hydrogens (tertiary/aromatic N) is 2. The lowest BCUT2D eigenvalue weighted by Crippen LogP contribution is -2.47. The number of hydrogen-bond acceptors (Lipinski definition) is 6. The van der Waals surface area contributed by atoms with Crippen LogP contribution in [0.5, 0.6) is 0 Å². The van der Waals surface area contributed by atoms with Crippen molar-refractivity contribution < 1.29 is 14.4 Å². The fourth-order valence-electron chi connectivity index (χ4n) is 2.16. The number of nitrogens with one attached hydrogen (secondary N) is 1. The number of rotatable bonds is 9. The Kier molecular flexibility index (Phi) is 8.84. The van der Waals surface area contributed by atoms with Crippen molar-refractivity contribution in [3.8, 4) is 0 Å². The lowest BCUT2D eigenvalue weighted by Gasteiger charge is -2.24. The van der Waals surface area contributed by atoms with Gasteiger partial charge in [-0.25, -0.2) is 9.78 Å². The molecule has 0 spiro atoms. The normalized spacial score (nSPS) is 13.6. The van der Waals surface area contributed by atoms with E-state index < -0.39 is 17.7 Å². The second-order valence-corrected chi connectivity index (χ2v) is 8.54. The number of aryl methyl sites for hydroxylation is 1. The van der Waals surface area contributed by atoms with E-state index in [2.05, 4.69) is 22.4 Å². The first-order chi connectivity index (χ1) is 12.1. The van der Waals surface area contributed by atoms with E-state index in [1.165, 1.54) is 0 Å². The number of carbonyl (C=O) groups excluding carboxylic acids is 1. The number of nitrogens with two attached hydrogens (primary N) is 1. The summed E-state index contributed by atoms with van der Waals surface area (Å²) in [5.74, 6) is 0.535. The largest absolute Gasteiger partial charge is 0.444 e. The quantitative estimate of drug-likeness (QED) is 0.383. The summed E-state index contributed by atoms with van der Waals surface area (Å²) in [6.07, 6.45) is 2.14. The number of hydrogen-bond donors (Lipinski definition) is 2. The van der Waals surface area contributed by atoms with Crippen LogP contribution in [0.25, 0.3) is 0 Å². The monoisotopic (exact) mass is 384 g/mol. The molecule has 0 aromatic carbocycles. The molecule has 1 rings (SSSR count). The fourth-order valence-corrected chi connectivity index (χ4v) is 3.04. The Balaban J connectivity index is 2.63. The van der Waals surface area contributed by atoms with Gasteiger partial charge in [-0.1, -0.05) is 25.9 Å². The Morgan fingerprint density at radius 2 is 2.12 bits per heavy atom. The second-order valence-electron chi connectivity index (χ2n) is 7.60. The second kappa shape index (κ2) is 10.4. The van der Waals surface area contributed by atoms with Gasteiger partial charge in [0, 0.05) is 5.38 Å². The third kappa shape index (κ3) is 9.03. The summed E-state index contributed by atoms with van der Waals surface area (Å²) in [4.78, 5) is 21.8. The molecular weight excluding hydrogens is 352 g/mol. The van der Waals surface area contributed by atoms with Crippen molar-refractivity contribution in [2.75, 3.05) is 0 Å². The molecule has 7 nitrogen and oxygen atoms in total. The van der Waals surface area contributed by atoms with Gasteiger partial charge >= 0.3 is 6.09 Å². The van der Waals surface area contributed by atoms with Gasteiger partial charge < -0.3 is 20.6 Å². The van der Waals surface area contributed by atoms with Crippen LogP contribution in [-0.2, 0) is 22.6 Å². The van der Waals surface area contributed by atoms with Crippen LogP contribution in [0.1, 0.15) is 65.1 Å². The van der Waals surface area contributed by atoms with E-state index in [0.29, 0.717) is 12.3 Å². The number of oxime groups is 1. The highest BCUT2D eigenvalue weighted by molar-refractivity contribution is 7.09. The van der Waals surface area contributed by atoms with E-state index in [1.807, 2.05) is 40.0 Å². The molecule has 1 aromatic rings. The molecular formula is C18H32N4O3S. The summed E-state index contributed by atoms with van der Waals surface area (Å²) in [6.45, 7) is 11.9. The first-order valence-corrected chi connectivity index (χ1v) is 9.86. The molecule has 0 aliphatic carbocycles. The lowest BCUT2D eigenvalue weighted by molar-refractivity contribution is 0.0512. The zero-order valence-electron chi connectivity index (χ0n) is 16.7. The highest BCUT2D eigenvalue weighted by Crippen LogP contribution is 2.13. The van der Waals surface area contributed by atoms with Crippen molar-refractivity contribution in [1.82, 2.24) is 10.3 Å². The van der Waals surface area contributed by atoms with Crippen LogP contribution in [0.3, 0.4) is 0 Å². The van der Waals surface area contributed by atoms with E-state index in [0.717, 1.165) is 23.5 Å². The first-order valence-electron chi connectivity index (χ1n) is 8.98. The van der Waals surface area contributed by atoms with Crippen molar-refractivity contribution in [2.24, 2.45) is 16.8 Å². The minimum Gasteiger partial charge on any atom is -0.444 e. The van der Waals surface area contributed by atoms with Gasteiger partial charge in [-0.05, 0) is 46.0 Å². The number of amidine groups is 1. The van der Waals surface area contributed by atoms with Crippen LogP contribution >= 0.6 is 11.3 Å². The van der Waals surface area contributed by atoms with Gasteiger partial charge in [-0.15, -0.1) is 11.3 Å². The minimum absolute atomic E-state index is 0.216. The lowest BCUT2D eigenvalue weighted by atomic mass is 10.0. The van der Waals surface area contributed by atoms with Crippen LogP contribution < -0.4 is 11.1 Å². The summed E-state index contributed by atoms with van der Waals surface area (Å²) < 4.78 is 5.29. The predicted octanol–water partition coefficient (Wildman–Crippen LogP) is 3.82. The highest BCUT2D eigenvalue weighted by atomic mass is 32.1. The van der Waals surface area contributed by atoms with E-state index in [9.17, 15) is 4.79 Å². The SMILES string of the molecule is CCCc1nc(CO/N=C(/N)C(CC(C)C)NC(=O)OC(C)(C)C)cs1. The molecule has 1 amide bonds. The number of alkyl carbamates (subject to hydrolysis) is 1. The highest BCUT2D eigenvalue weighted by Gasteiger charge is 2.23. The number of amides is 1. The Morgan fingerprint density at radius 3 is 2.69 bits per heavy atom. The summed E-state index contributed by atoms with van der Waals surface area (Å²) >= 11 is 1.62. The summed E-state index contributed by atoms with van der Waals surface area (Å²) in [6, 6.07) is -0.448. The molecule has 0 fully saturated rings. The standard InChI is InChI=1S/C18H32N4O3S/c1-7-8-15-20-13(11-26-15)10-24-22-16(19)14(9-12(2)3)21-17(23)25-18(4,5)6/h11-12,14H,7-10H2,1-6H3,(H2,19,22)(H,21,23). The average Bonchev–Trinajstić information content (AvgIpc) is 2.92. The van der Waals surface area contributed by atoms with E-state index in [1.54, 1.807) is 11.3 Å². The van der Waals surface area contributed by atoms with Crippen molar-refractivity contribution in [3.63, 3.8) is 0 Å². The Morgan fingerprint density at radius 1 is 1.42 bits per heavy atom.